The predicted octanol–water partition coefficient (Wildman–Crippen LogP) is 5.95. The Balaban J connectivity index is 2.03. The van der Waals surface area contributed by atoms with Crippen molar-refractivity contribution in [2.75, 3.05) is 20.4 Å². The number of halogens is 6. The quantitative estimate of drug-likeness (QED) is 0.208. The van der Waals surface area contributed by atoms with Gasteiger partial charge in [-0.15, -0.1) is 13.2 Å². The number of nitrogens with zero attached hydrogens (tertiary/aromatic N) is 1. The van der Waals surface area contributed by atoms with E-state index in [0.29, 0.717) is 42.7 Å². The summed E-state index contributed by atoms with van der Waals surface area (Å²) in [5.74, 6) is 0.0165. The minimum Gasteiger partial charge on any atom is -0.464 e. The lowest BCUT2D eigenvalue weighted by Gasteiger charge is -2.22. The zero-order valence-electron chi connectivity index (χ0n) is 17.5. The SMILES string of the molecule is CN(CF)CCC[C@H](Oc1ccccc1CCc1cccc(OC(F)(F)F)c1)OC(F)F. The molecule has 0 heterocycles. The van der Waals surface area contributed by atoms with E-state index >= 15 is 0 Å². The van der Waals surface area contributed by atoms with Gasteiger partial charge in [0, 0.05) is 13.0 Å². The Labute approximate surface area is 182 Å². The molecule has 4 nitrogen and oxygen atoms in total. The summed E-state index contributed by atoms with van der Waals surface area (Å²) in [7, 11) is 1.56. The maximum absolute atomic E-state index is 12.8. The van der Waals surface area contributed by atoms with Crippen LogP contribution in [-0.4, -0.2) is 44.6 Å². The average molecular weight is 465 g/mol. The van der Waals surface area contributed by atoms with Gasteiger partial charge in [0.1, 0.15) is 18.3 Å². The molecule has 0 saturated heterocycles. The van der Waals surface area contributed by atoms with Crippen LogP contribution in [0.2, 0.25) is 0 Å². The van der Waals surface area contributed by atoms with Crippen molar-refractivity contribution >= 4 is 0 Å². The summed E-state index contributed by atoms with van der Waals surface area (Å²) in [5.41, 5.74) is 1.29. The van der Waals surface area contributed by atoms with Gasteiger partial charge < -0.3 is 9.47 Å². The molecule has 0 radical (unpaired) electrons. The standard InChI is InChI=1S/C22H25F6NO3/c1-29(15-23)13-5-10-20(31-21(24)25)30-19-9-3-2-7-17(19)12-11-16-6-4-8-18(14-16)32-22(26,27)28/h2-4,6-9,14,20-21H,5,10-13,15H2,1H3/t20-/m1/s1. The molecule has 0 aromatic heterocycles. The Morgan fingerprint density at radius 1 is 1.00 bits per heavy atom. The molecule has 0 spiro atoms. The largest absolute Gasteiger partial charge is 0.573 e. The highest BCUT2D eigenvalue weighted by Crippen LogP contribution is 2.26. The number of ether oxygens (including phenoxy) is 3. The maximum atomic E-state index is 12.8. The van der Waals surface area contributed by atoms with Gasteiger partial charge in [0.05, 0.1) is 0 Å². The van der Waals surface area contributed by atoms with Gasteiger partial charge in [0.2, 0.25) is 6.29 Å². The minimum atomic E-state index is -4.78. The second-order valence-corrected chi connectivity index (χ2v) is 7.09. The van der Waals surface area contributed by atoms with E-state index in [4.69, 9.17) is 4.74 Å². The number of hydrogen-bond acceptors (Lipinski definition) is 4. The third-order valence-electron chi connectivity index (χ3n) is 4.48. The Morgan fingerprint density at radius 2 is 1.75 bits per heavy atom. The molecule has 0 aliphatic heterocycles. The highest BCUT2D eigenvalue weighted by molar-refractivity contribution is 5.35. The number of benzene rings is 2. The van der Waals surface area contributed by atoms with Crippen molar-refractivity contribution in [2.24, 2.45) is 0 Å². The molecule has 0 N–H and O–H groups in total. The van der Waals surface area contributed by atoms with Gasteiger partial charge in [-0.3, -0.25) is 9.64 Å². The van der Waals surface area contributed by atoms with E-state index < -0.39 is 26.1 Å². The fourth-order valence-electron chi connectivity index (χ4n) is 3.00. The minimum absolute atomic E-state index is 0.125. The summed E-state index contributed by atoms with van der Waals surface area (Å²) in [6.07, 6.45) is -4.74. The molecule has 0 aliphatic carbocycles. The van der Waals surface area contributed by atoms with Crippen LogP contribution in [0, 0.1) is 0 Å². The molecule has 178 valence electrons. The lowest BCUT2D eigenvalue weighted by Crippen LogP contribution is -2.26. The average Bonchev–Trinajstić information content (AvgIpc) is 2.71. The van der Waals surface area contributed by atoms with E-state index in [2.05, 4.69) is 9.47 Å². The topological polar surface area (TPSA) is 30.9 Å². The van der Waals surface area contributed by atoms with Crippen LogP contribution < -0.4 is 9.47 Å². The lowest BCUT2D eigenvalue weighted by molar-refractivity contribution is -0.274. The number of para-hydroxylation sites is 1. The van der Waals surface area contributed by atoms with E-state index in [1.807, 2.05) is 0 Å². The molecule has 0 unspecified atom stereocenters. The highest BCUT2D eigenvalue weighted by atomic mass is 19.4. The van der Waals surface area contributed by atoms with Crippen molar-refractivity contribution in [1.29, 1.82) is 0 Å². The molecule has 2 aromatic rings. The Kier molecular flexibility index (Phi) is 10.1. The van der Waals surface area contributed by atoms with E-state index in [9.17, 15) is 26.3 Å². The third kappa shape index (κ3) is 9.78. The molecular weight excluding hydrogens is 440 g/mol. The Hall–Kier alpha value is -2.46. The molecule has 32 heavy (non-hydrogen) atoms. The van der Waals surface area contributed by atoms with Crippen molar-refractivity contribution in [3.8, 4) is 11.5 Å². The monoisotopic (exact) mass is 465 g/mol. The van der Waals surface area contributed by atoms with Gasteiger partial charge in [-0.2, -0.15) is 8.78 Å². The fourth-order valence-corrected chi connectivity index (χ4v) is 3.00. The van der Waals surface area contributed by atoms with Crippen molar-refractivity contribution < 1.29 is 40.6 Å². The Bertz CT molecular complexity index is 818. The van der Waals surface area contributed by atoms with Crippen LogP contribution in [0.1, 0.15) is 24.0 Å². The molecule has 0 saturated carbocycles. The van der Waals surface area contributed by atoms with Gasteiger partial charge in [-0.25, -0.2) is 4.39 Å². The first-order chi connectivity index (χ1) is 15.2. The van der Waals surface area contributed by atoms with E-state index in [1.54, 1.807) is 37.4 Å². The van der Waals surface area contributed by atoms with Crippen LogP contribution in [0.4, 0.5) is 26.3 Å². The highest BCUT2D eigenvalue weighted by Gasteiger charge is 2.31. The molecule has 10 heteroatoms. The van der Waals surface area contributed by atoms with Crippen molar-refractivity contribution in [2.45, 2.75) is 44.9 Å². The smallest absolute Gasteiger partial charge is 0.464 e. The fraction of sp³-hybridized carbons (Fsp3) is 0.455. The molecule has 0 bridgehead atoms. The van der Waals surface area contributed by atoms with Crippen molar-refractivity contribution in [3.63, 3.8) is 0 Å². The molecule has 0 aliphatic rings. The summed E-state index contributed by atoms with van der Waals surface area (Å²) in [6.45, 7) is -3.34. The summed E-state index contributed by atoms with van der Waals surface area (Å²) in [5, 5.41) is 0. The normalized spacial score (nSPS) is 12.9. The number of hydrogen-bond donors (Lipinski definition) is 0. The van der Waals surface area contributed by atoms with Gasteiger partial charge >= 0.3 is 13.0 Å². The zero-order valence-corrected chi connectivity index (χ0v) is 17.5. The second-order valence-electron chi connectivity index (χ2n) is 7.09. The lowest BCUT2D eigenvalue weighted by atomic mass is 10.0. The molecule has 2 aromatic carbocycles. The summed E-state index contributed by atoms with van der Waals surface area (Å²) in [6, 6.07) is 12.4. The molecular formula is C22H25F6NO3. The third-order valence-corrected chi connectivity index (χ3v) is 4.48. The molecule has 0 fully saturated rings. The van der Waals surface area contributed by atoms with E-state index in [0.717, 1.165) is 0 Å². The summed E-state index contributed by atoms with van der Waals surface area (Å²) >= 11 is 0. The van der Waals surface area contributed by atoms with Crippen LogP contribution in [0.15, 0.2) is 48.5 Å². The summed E-state index contributed by atoms with van der Waals surface area (Å²) in [4.78, 5) is 1.39. The van der Waals surface area contributed by atoms with Crippen LogP contribution in [0.25, 0.3) is 0 Å². The van der Waals surface area contributed by atoms with Gasteiger partial charge in [0.15, 0.2) is 0 Å². The zero-order chi connectivity index (χ0) is 23.6. The first-order valence-corrected chi connectivity index (χ1v) is 9.93. The molecule has 0 amide bonds. The Morgan fingerprint density at radius 3 is 2.44 bits per heavy atom. The predicted molar refractivity (Wildman–Crippen MR) is 106 cm³/mol. The number of rotatable bonds is 13. The first-order valence-electron chi connectivity index (χ1n) is 9.93. The van der Waals surface area contributed by atoms with Crippen LogP contribution >= 0.6 is 0 Å². The van der Waals surface area contributed by atoms with E-state index in [-0.39, 0.29) is 12.2 Å². The van der Waals surface area contributed by atoms with Gasteiger partial charge in [0.25, 0.3) is 0 Å². The first kappa shape index (κ1) is 25.8. The van der Waals surface area contributed by atoms with Crippen LogP contribution in [-0.2, 0) is 17.6 Å². The maximum Gasteiger partial charge on any atom is 0.573 e. The molecule has 1 atom stereocenters. The molecule has 2 rings (SSSR count). The van der Waals surface area contributed by atoms with Crippen molar-refractivity contribution in [1.82, 2.24) is 4.90 Å². The number of alkyl halides is 6. The van der Waals surface area contributed by atoms with Gasteiger partial charge in [-0.1, -0.05) is 30.3 Å². The van der Waals surface area contributed by atoms with Crippen molar-refractivity contribution in [3.05, 3.63) is 59.7 Å². The number of aryl methyl sites for hydroxylation is 2. The van der Waals surface area contributed by atoms with Crippen LogP contribution in [0.3, 0.4) is 0 Å². The van der Waals surface area contributed by atoms with E-state index in [1.165, 1.54) is 23.1 Å². The second kappa shape index (κ2) is 12.5. The van der Waals surface area contributed by atoms with Crippen LogP contribution in [0.5, 0.6) is 11.5 Å². The summed E-state index contributed by atoms with van der Waals surface area (Å²) < 4.78 is 89.5. The van der Waals surface area contributed by atoms with Gasteiger partial charge in [-0.05, 0) is 55.6 Å².